The van der Waals surface area contributed by atoms with Gasteiger partial charge in [0, 0.05) is 0 Å². The first-order valence-corrected chi connectivity index (χ1v) is 12.2. The van der Waals surface area contributed by atoms with Gasteiger partial charge in [-0.3, -0.25) is 15.1 Å². The number of aryl methyl sites for hydroxylation is 1. The van der Waals surface area contributed by atoms with E-state index < -0.39 is 28.8 Å². The van der Waals surface area contributed by atoms with Crippen molar-refractivity contribution in [2.75, 3.05) is 11.1 Å². The van der Waals surface area contributed by atoms with E-state index in [4.69, 9.17) is 10.6 Å². The van der Waals surface area contributed by atoms with Gasteiger partial charge >= 0.3 is 6.18 Å². The molecule has 1 saturated carbocycles. The zero-order valence-electron chi connectivity index (χ0n) is 20.5. The second-order valence-electron chi connectivity index (χ2n) is 10.3. The molecule has 0 saturated heterocycles. The SMILES string of the molecule is CC(C)(O)CCc1cc(-c2ccccc2C(F)(F)F)cc(NC(=O)C2=CC3(CCCCC3)ON2)c1N. The fourth-order valence-corrected chi connectivity index (χ4v) is 4.78. The van der Waals surface area contributed by atoms with Crippen LogP contribution in [-0.4, -0.2) is 22.2 Å². The van der Waals surface area contributed by atoms with Crippen molar-refractivity contribution in [2.24, 2.45) is 0 Å². The Morgan fingerprint density at radius 3 is 2.53 bits per heavy atom. The smallest absolute Gasteiger partial charge is 0.397 e. The van der Waals surface area contributed by atoms with Crippen molar-refractivity contribution in [2.45, 2.75) is 76.2 Å². The van der Waals surface area contributed by atoms with Gasteiger partial charge in [-0.1, -0.05) is 37.5 Å². The summed E-state index contributed by atoms with van der Waals surface area (Å²) in [7, 11) is 0. The Morgan fingerprint density at radius 2 is 1.86 bits per heavy atom. The Kier molecular flexibility index (Phi) is 7.07. The summed E-state index contributed by atoms with van der Waals surface area (Å²) in [6.07, 6.45) is 2.63. The van der Waals surface area contributed by atoms with Crippen LogP contribution in [0.3, 0.4) is 0 Å². The average molecular weight is 504 g/mol. The summed E-state index contributed by atoms with van der Waals surface area (Å²) in [5.74, 6) is -0.487. The molecular formula is C27H32F3N3O3. The van der Waals surface area contributed by atoms with Crippen molar-refractivity contribution >= 4 is 17.3 Å². The molecule has 2 aliphatic rings. The lowest BCUT2D eigenvalue weighted by molar-refractivity contribution is -0.137. The molecule has 0 radical (unpaired) electrons. The summed E-state index contributed by atoms with van der Waals surface area (Å²) >= 11 is 0. The predicted molar refractivity (Wildman–Crippen MR) is 133 cm³/mol. The third kappa shape index (κ3) is 5.84. The largest absolute Gasteiger partial charge is 0.417 e. The van der Waals surface area contributed by atoms with E-state index in [2.05, 4.69) is 10.8 Å². The number of hydroxylamine groups is 1. The fraction of sp³-hybridized carbons (Fsp3) is 0.444. The maximum atomic E-state index is 13.7. The van der Waals surface area contributed by atoms with Crippen molar-refractivity contribution in [3.05, 3.63) is 59.3 Å². The molecule has 0 aromatic heterocycles. The highest BCUT2D eigenvalue weighted by Gasteiger charge is 2.38. The lowest BCUT2D eigenvalue weighted by atomic mass is 9.84. The van der Waals surface area contributed by atoms with E-state index in [0.29, 0.717) is 18.4 Å². The highest BCUT2D eigenvalue weighted by Crippen LogP contribution is 2.40. The molecule has 2 aromatic carbocycles. The molecule has 5 N–H and O–H groups in total. The number of aliphatic hydroxyl groups is 1. The molecule has 1 heterocycles. The van der Waals surface area contributed by atoms with Gasteiger partial charge in [-0.25, -0.2) is 0 Å². The van der Waals surface area contributed by atoms with Crippen molar-refractivity contribution in [3.63, 3.8) is 0 Å². The molecule has 9 heteroatoms. The topological polar surface area (TPSA) is 96.6 Å². The van der Waals surface area contributed by atoms with E-state index in [-0.39, 0.29) is 28.2 Å². The van der Waals surface area contributed by atoms with Crippen LogP contribution in [0.2, 0.25) is 0 Å². The van der Waals surface area contributed by atoms with Gasteiger partial charge in [-0.05, 0) is 80.5 Å². The minimum Gasteiger partial charge on any atom is -0.397 e. The quantitative estimate of drug-likeness (QED) is 0.378. The van der Waals surface area contributed by atoms with Crippen molar-refractivity contribution < 1.29 is 27.9 Å². The standard InChI is InChI=1S/C27H32F3N3O3/c1-25(2,35)13-10-17-14-18(19-8-4-5-9-20(19)27(28,29)30)15-21(23(17)31)32-24(34)22-16-26(36-33-22)11-6-3-7-12-26/h4-5,8-9,14-16,33,35H,3,6-7,10-13,31H2,1-2H3,(H,32,34). The Bertz CT molecular complexity index is 1160. The molecule has 4 rings (SSSR count). The van der Waals surface area contributed by atoms with Gasteiger partial charge in [-0.15, -0.1) is 0 Å². The second-order valence-corrected chi connectivity index (χ2v) is 10.3. The molecule has 1 fully saturated rings. The summed E-state index contributed by atoms with van der Waals surface area (Å²) in [6.45, 7) is 3.29. The number of alkyl halides is 3. The molecule has 0 bridgehead atoms. The summed E-state index contributed by atoms with van der Waals surface area (Å²) in [6, 6.07) is 8.33. The normalized spacial score (nSPS) is 17.6. The number of hydrogen-bond donors (Lipinski definition) is 4. The second kappa shape index (κ2) is 9.78. The lowest BCUT2D eigenvalue weighted by Gasteiger charge is -2.29. The average Bonchev–Trinajstić information content (AvgIpc) is 3.22. The molecule has 0 atom stereocenters. The van der Waals surface area contributed by atoms with E-state index in [0.717, 1.165) is 38.2 Å². The van der Waals surface area contributed by atoms with Crippen LogP contribution in [0.4, 0.5) is 24.5 Å². The van der Waals surface area contributed by atoms with Gasteiger partial charge in [0.25, 0.3) is 5.91 Å². The monoisotopic (exact) mass is 503 g/mol. The molecule has 0 unspecified atom stereocenters. The summed E-state index contributed by atoms with van der Waals surface area (Å²) in [5, 5.41) is 13.0. The third-order valence-corrected chi connectivity index (χ3v) is 6.78. The molecule has 1 amide bonds. The Morgan fingerprint density at radius 1 is 1.17 bits per heavy atom. The first-order chi connectivity index (χ1) is 16.9. The highest BCUT2D eigenvalue weighted by molar-refractivity contribution is 6.05. The number of nitrogens with one attached hydrogen (secondary N) is 2. The number of benzene rings is 2. The number of nitrogen functional groups attached to an aromatic ring is 1. The number of carbonyl (C=O) groups excluding carboxylic acids is 1. The van der Waals surface area contributed by atoms with Crippen LogP contribution >= 0.6 is 0 Å². The highest BCUT2D eigenvalue weighted by atomic mass is 19.4. The zero-order chi connectivity index (χ0) is 26.1. The van der Waals surface area contributed by atoms with Crippen LogP contribution < -0.4 is 16.5 Å². The molecule has 1 aliphatic heterocycles. The van der Waals surface area contributed by atoms with Crippen molar-refractivity contribution in [3.8, 4) is 11.1 Å². The number of amides is 1. The molecule has 1 aliphatic carbocycles. The van der Waals surface area contributed by atoms with Gasteiger partial charge < -0.3 is 16.2 Å². The molecule has 36 heavy (non-hydrogen) atoms. The number of hydrogen-bond acceptors (Lipinski definition) is 5. The van der Waals surface area contributed by atoms with Crippen LogP contribution in [0.5, 0.6) is 0 Å². The Hall–Kier alpha value is -3.04. The van der Waals surface area contributed by atoms with E-state index in [9.17, 15) is 23.1 Å². The van der Waals surface area contributed by atoms with Gasteiger partial charge in [0.05, 0.1) is 22.5 Å². The first kappa shape index (κ1) is 26.0. The van der Waals surface area contributed by atoms with Gasteiger partial charge in [0.15, 0.2) is 0 Å². The number of rotatable bonds is 6. The van der Waals surface area contributed by atoms with E-state index in [1.165, 1.54) is 24.3 Å². The number of carbonyl (C=O) groups is 1. The molecule has 194 valence electrons. The lowest BCUT2D eigenvalue weighted by Crippen LogP contribution is -2.32. The fourth-order valence-electron chi connectivity index (χ4n) is 4.78. The third-order valence-electron chi connectivity index (χ3n) is 6.78. The minimum atomic E-state index is -4.56. The van der Waals surface area contributed by atoms with Crippen LogP contribution in [-0.2, 0) is 22.2 Å². The maximum Gasteiger partial charge on any atom is 0.417 e. The Balaban J connectivity index is 1.71. The summed E-state index contributed by atoms with van der Waals surface area (Å²) in [5.41, 5.74) is 8.28. The summed E-state index contributed by atoms with van der Waals surface area (Å²) in [4.78, 5) is 18.8. The first-order valence-electron chi connectivity index (χ1n) is 12.2. The summed E-state index contributed by atoms with van der Waals surface area (Å²) < 4.78 is 41.2. The Labute approximate surface area is 208 Å². The van der Waals surface area contributed by atoms with Crippen LogP contribution in [0.15, 0.2) is 48.2 Å². The maximum absolute atomic E-state index is 13.7. The van der Waals surface area contributed by atoms with Gasteiger partial charge in [-0.2, -0.15) is 13.2 Å². The molecular weight excluding hydrogens is 471 g/mol. The number of nitrogens with two attached hydrogens (primary N) is 1. The van der Waals surface area contributed by atoms with Crippen LogP contribution in [0.25, 0.3) is 11.1 Å². The predicted octanol–water partition coefficient (Wildman–Crippen LogP) is 5.72. The van der Waals surface area contributed by atoms with Gasteiger partial charge in [0.1, 0.15) is 11.3 Å². The van der Waals surface area contributed by atoms with E-state index in [1.807, 2.05) is 0 Å². The van der Waals surface area contributed by atoms with E-state index in [1.54, 1.807) is 26.0 Å². The van der Waals surface area contributed by atoms with Gasteiger partial charge in [0.2, 0.25) is 0 Å². The van der Waals surface area contributed by atoms with Crippen molar-refractivity contribution in [1.82, 2.24) is 5.48 Å². The van der Waals surface area contributed by atoms with E-state index >= 15 is 0 Å². The minimum absolute atomic E-state index is 0.0206. The number of anilines is 2. The van der Waals surface area contributed by atoms with Crippen molar-refractivity contribution in [1.29, 1.82) is 0 Å². The zero-order valence-corrected chi connectivity index (χ0v) is 20.5. The molecule has 2 aromatic rings. The van der Waals surface area contributed by atoms with Crippen LogP contribution in [0, 0.1) is 0 Å². The molecule has 1 spiro atoms. The molecule has 6 nitrogen and oxygen atoms in total. The number of halogens is 3. The van der Waals surface area contributed by atoms with Crippen LogP contribution in [0.1, 0.15) is 63.5 Å².